The van der Waals surface area contributed by atoms with E-state index in [1.807, 2.05) is 13.8 Å². The normalized spacial score (nSPS) is 20.2. The first-order valence-electron chi connectivity index (χ1n) is 8.00. The summed E-state index contributed by atoms with van der Waals surface area (Å²) in [7, 11) is 0. The Hall–Kier alpha value is -2.09. The second-order valence-electron chi connectivity index (χ2n) is 6.93. The number of hydrogen-bond acceptors (Lipinski definition) is 3. The van der Waals surface area contributed by atoms with E-state index in [2.05, 4.69) is 5.32 Å². The third-order valence-electron chi connectivity index (χ3n) is 4.54. The molecule has 0 aliphatic carbocycles. The molecule has 2 amide bonds. The lowest BCUT2D eigenvalue weighted by molar-refractivity contribution is -0.137. The number of benzene rings is 1. The van der Waals surface area contributed by atoms with E-state index in [1.54, 1.807) is 4.90 Å². The van der Waals surface area contributed by atoms with Gasteiger partial charge in [0.1, 0.15) is 0 Å². The van der Waals surface area contributed by atoms with E-state index in [4.69, 9.17) is 5.73 Å². The fourth-order valence-electron chi connectivity index (χ4n) is 2.88. The number of halogens is 3. The van der Waals surface area contributed by atoms with E-state index < -0.39 is 23.2 Å². The number of rotatable bonds is 3. The predicted molar refractivity (Wildman–Crippen MR) is 86.7 cm³/mol. The van der Waals surface area contributed by atoms with Crippen LogP contribution in [0.4, 0.5) is 13.2 Å². The summed E-state index contributed by atoms with van der Waals surface area (Å²) in [6, 6.07) is 4.46. The average molecular weight is 357 g/mol. The lowest BCUT2D eigenvalue weighted by atomic mass is 9.79. The Morgan fingerprint density at radius 2 is 1.96 bits per heavy atom. The molecule has 0 radical (unpaired) electrons. The van der Waals surface area contributed by atoms with Crippen molar-refractivity contribution in [1.29, 1.82) is 0 Å². The van der Waals surface area contributed by atoms with Gasteiger partial charge in [-0.3, -0.25) is 9.59 Å². The van der Waals surface area contributed by atoms with Crippen molar-refractivity contribution in [2.75, 3.05) is 19.6 Å². The molecule has 1 atom stereocenters. The molecule has 1 unspecified atom stereocenters. The highest BCUT2D eigenvalue weighted by atomic mass is 19.4. The molecule has 1 fully saturated rings. The lowest BCUT2D eigenvalue weighted by Gasteiger charge is -2.42. The van der Waals surface area contributed by atoms with E-state index in [0.717, 1.165) is 12.1 Å². The summed E-state index contributed by atoms with van der Waals surface area (Å²) in [5.74, 6) is -1.26. The van der Waals surface area contributed by atoms with E-state index >= 15 is 0 Å². The van der Waals surface area contributed by atoms with Crippen LogP contribution in [0.2, 0.25) is 0 Å². The molecule has 1 aliphatic heterocycles. The Kier molecular flexibility index (Phi) is 5.41. The van der Waals surface area contributed by atoms with Crippen molar-refractivity contribution in [2.45, 2.75) is 32.5 Å². The third kappa shape index (κ3) is 4.50. The number of likely N-dealkylation sites (tertiary alicyclic amines) is 1. The van der Waals surface area contributed by atoms with Crippen molar-refractivity contribution < 1.29 is 22.8 Å². The van der Waals surface area contributed by atoms with Gasteiger partial charge in [0.15, 0.2) is 0 Å². The summed E-state index contributed by atoms with van der Waals surface area (Å²) < 4.78 is 38.9. The van der Waals surface area contributed by atoms with Gasteiger partial charge in [-0.15, -0.1) is 0 Å². The summed E-state index contributed by atoms with van der Waals surface area (Å²) in [4.78, 5) is 25.9. The minimum absolute atomic E-state index is 0.0233. The number of piperidine rings is 1. The number of nitrogens with one attached hydrogen (secondary N) is 1. The minimum Gasteiger partial charge on any atom is -0.343 e. The molecule has 0 saturated carbocycles. The standard InChI is InChI=1S/C17H22F3N3O2/c1-16(2)10-23(8-7-13(16)21)14(24)9-22-15(25)11-5-3-4-6-12(11)17(18,19)20/h3-6,13H,7-10,21H2,1-2H3,(H,22,25). The van der Waals surface area contributed by atoms with Gasteiger partial charge in [-0.05, 0) is 24.0 Å². The van der Waals surface area contributed by atoms with Crippen LogP contribution in [0.3, 0.4) is 0 Å². The van der Waals surface area contributed by atoms with Crippen molar-refractivity contribution in [3.63, 3.8) is 0 Å². The topological polar surface area (TPSA) is 75.4 Å². The van der Waals surface area contributed by atoms with Gasteiger partial charge >= 0.3 is 6.18 Å². The molecule has 25 heavy (non-hydrogen) atoms. The quantitative estimate of drug-likeness (QED) is 0.869. The highest BCUT2D eigenvalue weighted by molar-refractivity contribution is 5.97. The number of alkyl halides is 3. The Morgan fingerprint density at radius 3 is 2.56 bits per heavy atom. The van der Waals surface area contributed by atoms with E-state index in [9.17, 15) is 22.8 Å². The Labute approximate surface area is 144 Å². The summed E-state index contributed by atoms with van der Waals surface area (Å²) >= 11 is 0. The van der Waals surface area contributed by atoms with Crippen LogP contribution in [0.5, 0.6) is 0 Å². The largest absolute Gasteiger partial charge is 0.417 e. The van der Waals surface area contributed by atoms with Crippen LogP contribution < -0.4 is 11.1 Å². The van der Waals surface area contributed by atoms with Crippen molar-refractivity contribution in [3.05, 3.63) is 35.4 Å². The van der Waals surface area contributed by atoms with E-state index in [-0.39, 0.29) is 23.9 Å². The highest BCUT2D eigenvalue weighted by Gasteiger charge is 2.36. The van der Waals surface area contributed by atoms with Gasteiger partial charge in [0, 0.05) is 19.1 Å². The molecule has 2 rings (SSSR count). The number of carbonyl (C=O) groups is 2. The van der Waals surface area contributed by atoms with Crippen LogP contribution in [0.1, 0.15) is 36.2 Å². The van der Waals surface area contributed by atoms with Gasteiger partial charge in [-0.1, -0.05) is 26.0 Å². The van der Waals surface area contributed by atoms with Crippen LogP contribution in [0.15, 0.2) is 24.3 Å². The Balaban J connectivity index is 2.00. The van der Waals surface area contributed by atoms with Gasteiger partial charge in [0.05, 0.1) is 17.7 Å². The number of hydrogen-bond donors (Lipinski definition) is 2. The Bertz CT molecular complexity index is 659. The van der Waals surface area contributed by atoms with Crippen LogP contribution in [0.25, 0.3) is 0 Å². The molecule has 138 valence electrons. The van der Waals surface area contributed by atoms with Gasteiger partial charge in [-0.2, -0.15) is 13.2 Å². The fraction of sp³-hybridized carbons (Fsp3) is 0.529. The van der Waals surface area contributed by atoms with Crippen molar-refractivity contribution in [1.82, 2.24) is 10.2 Å². The maximum absolute atomic E-state index is 13.0. The van der Waals surface area contributed by atoms with Crippen molar-refractivity contribution in [2.24, 2.45) is 11.1 Å². The maximum Gasteiger partial charge on any atom is 0.417 e. The minimum atomic E-state index is -4.63. The molecule has 3 N–H and O–H groups in total. The number of amides is 2. The van der Waals surface area contributed by atoms with E-state index in [0.29, 0.717) is 19.5 Å². The molecular formula is C17H22F3N3O2. The molecule has 5 nitrogen and oxygen atoms in total. The molecule has 0 spiro atoms. The van der Waals surface area contributed by atoms with Gasteiger partial charge in [0.2, 0.25) is 5.91 Å². The van der Waals surface area contributed by atoms with Crippen LogP contribution in [-0.4, -0.2) is 42.4 Å². The second-order valence-corrected chi connectivity index (χ2v) is 6.93. The first kappa shape index (κ1) is 19.2. The number of nitrogens with two attached hydrogens (primary N) is 1. The molecule has 1 heterocycles. The predicted octanol–water partition coefficient (Wildman–Crippen LogP) is 2.02. The first-order chi connectivity index (χ1) is 11.5. The number of nitrogens with zero attached hydrogens (tertiary/aromatic N) is 1. The maximum atomic E-state index is 13.0. The summed E-state index contributed by atoms with van der Waals surface area (Å²) in [5.41, 5.74) is 4.25. The first-order valence-corrected chi connectivity index (χ1v) is 8.00. The van der Waals surface area contributed by atoms with Crippen molar-refractivity contribution >= 4 is 11.8 Å². The van der Waals surface area contributed by atoms with Gasteiger partial charge in [-0.25, -0.2) is 0 Å². The van der Waals surface area contributed by atoms with Gasteiger partial charge in [0.25, 0.3) is 5.91 Å². The van der Waals surface area contributed by atoms with Gasteiger partial charge < -0.3 is 16.0 Å². The van der Waals surface area contributed by atoms with Crippen LogP contribution in [-0.2, 0) is 11.0 Å². The second kappa shape index (κ2) is 7.03. The molecule has 1 aliphatic rings. The lowest BCUT2D eigenvalue weighted by Crippen LogP contribution is -2.55. The average Bonchev–Trinajstić information content (AvgIpc) is 2.54. The summed E-state index contributed by atoms with van der Waals surface area (Å²) in [6.45, 7) is 4.47. The molecule has 1 aromatic carbocycles. The summed E-state index contributed by atoms with van der Waals surface area (Å²) in [6.07, 6.45) is -3.99. The molecule has 1 saturated heterocycles. The molecule has 0 bridgehead atoms. The Morgan fingerprint density at radius 1 is 1.32 bits per heavy atom. The molecule has 1 aromatic rings. The van der Waals surface area contributed by atoms with Crippen molar-refractivity contribution in [3.8, 4) is 0 Å². The molecular weight excluding hydrogens is 335 g/mol. The number of carbonyl (C=O) groups excluding carboxylic acids is 2. The van der Waals surface area contributed by atoms with E-state index in [1.165, 1.54) is 12.1 Å². The zero-order valence-electron chi connectivity index (χ0n) is 14.2. The summed E-state index contributed by atoms with van der Waals surface area (Å²) in [5, 5.41) is 2.29. The third-order valence-corrected chi connectivity index (χ3v) is 4.54. The smallest absolute Gasteiger partial charge is 0.343 e. The fourth-order valence-corrected chi connectivity index (χ4v) is 2.88. The highest BCUT2D eigenvalue weighted by Crippen LogP contribution is 2.31. The molecule has 8 heteroatoms. The molecule has 0 aromatic heterocycles. The SMILES string of the molecule is CC1(C)CN(C(=O)CNC(=O)c2ccccc2C(F)(F)F)CCC1N. The van der Waals surface area contributed by atoms with Crippen LogP contribution >= 0.6 is 0 Å². The van der Waals surface area contributed by atoms with Crippen LogP contribution in [0, 0.1) is 5.41 Å². The zero-order valence-corrected chi connectivity index (χ0v) is 14.2. The monoisotopic (exact) mass is 357 g/mol. The zero-order chi connectivity index (χ0) is 18.8.